The van der Waals surface area contributed by atoms with E-state index in [1.165, 1.54) is 0 Å². The monoisotopic (exact) mass is 295 g/mol. The Labute approximate surface area is 98.9 Å². The Balaban J connectivity index is 2.20. The molecular formula is C10H9BrF3NO. The lowest BCUT2D eigenvalue weighted by Crippen LogP contribution is -2.25. The van der Waals surface area contributed by atoms with E-state index in [-0.39, 0.29) is 16.5 Å². The number of pyridine rings is 1. The predicted molar refractivity (Wildman–Crippen MR) is 55.2 cm³/mol. The lowest BCUT2D eigenvalue weighted by Gasteiger charge is -2.26. The van der Waals surface area contributed by atoms with Crippen LogP contribution in [0.15, 0.2) is 16.7 Å². The topological polar surface area (TPSA) is 22.1 Å². The largest absolute Gasteiger partial charge is 0.474 e. The first kappa shape index (κ1) is 11.7. The number of hydrogen-bond acceptors (Lipinski definition) is 2. The summed E-state index contributed by atoms with van der Waals surface area (Å²) in [5.74, 6) is 0.0419. The van der Waals surface area contributed by atoms with Crippen LogP contribution in [-0.2, 0) is 6.18 Å². The van der Waals surface area contributed by atoms with Gasteiger partial charge in [-0.15, -0.1) is 0 Å². The molecule has 0 saturated heterocycles. The van der Waals surface area contributed by atoms with Crippen LogP contribution in [0.2, 0.25) is 0 Å². The van der Waals surface area contributed by atoms with Crippen LogP contribution in [0.3, 0.4) is 0 Å². The van der Waals surface area contributed by atoms with Crippen molar-refractivity contribution in [2.75, 3.05) is 0 Å². The summed E-state index contributed by atoms with van der Waals surface area (Å²) in [6, 6.07) is 0.933. The molecule has 1 aromatic heterocycles. The van der Waals surface area contributed by atoms with Crippen LogP contribution in [-0.4, -0.2) is 11.1 Å². The van der Waals surface area contributed by atoms with E-state index >= 15 is 0 Å². The highest BCUT2D eigenvalue weighted by Gasteiger charge is 2.34. The number of halogens is 4. The van der Waals surface area contributed by atoms with Gasteiger partial charge in [-0.05, 0) is 35.2 Å². The van der Waals surface area contributed by atoms with E-state index < -0.39 is 11.7 Å². The van der Waals surface area contributed by atoms with Gasteiger partial charge < -0.3 is 4.74 Å². The molecule has 1 fully saturated rings. The molecule has 88 valence electrons. The quantitative estimate of drug-likeness (QED) is 0.828. The van der Waals surface area contributed by atoms with Gasteiger partial charge in [0.1, 0.15) is 6.10 Å². The minimum atomic E-state index is -4.39. The summed E-state index contributed by atoms with van der Waals surface area (Å²) in [4.78, 5) is 3.81. The highest BCUT2D eigenvalue weighted by molar-refractivity contribution is 9.10. The third-order valence-corrected chi connectivity index (χ3v) is 3.11. The molecule has 1 aromatic rings. The fourth-order valence-corrected chi connectivity index (χ4v) is 1.80. The number of aromatic nitrogens is 1. The van der Waals surface area contributed by atoms with Crippen molar-refractivity contribution in [2.24, 2.45) is 0 Å². The maximum atomic E-state index is 12.5. The maximum absolute atomic E-state index is 12.5. The number of nitrogens with zero attached hydrogens (tertiary/aromatic N) is 1. The van der Waals surface area contributed by atoms with Crippen molar-refractivity contribution in [1.29, 1.82) is 0 Å². The van der Waals surface area contributed by atoms with Crippen LogP contribution >= 0.6 is 15.9 Å². The number of rotatable bonds is 2. The fraction of sp³-hybridized carbons (Fsp3) is 0.500. The van der Waals surface area contributed by atoms with E-state index in [1.807, 2.05) is 0 Å². The van der Waals surface area contributed by atoms with Gasteiger partial charge in [-0.3, -0.25) is 0 Å². The summed E-state index contributed by atoms with van der Waals surface area (Å²) in [6.07, 6.45) is -0.406. The summed E-state index contributed by atoms with van der Waals surface area (Å²) >= 11 is 2.83. The van der Waals surface area contributed by atoms with E-state index in [9.17, 15) is 13.2 Å². The number of alkyl halides is 3. The molecule has 0 aromatic carbocycles. The minimum absolute atomic E-state index is 0.0229. The summed E-state index contributed by atoms with van der Waals surface area (Å²) < 4.78 is 42.9. The van der Waals surface area contributed by atoms with Gasteiger partial charge in [-0.2, -0.15) is 13.2 Å². The van der Waals surface area contributed by atoms with Gasteiger partial charge in [-0.25, -0.2) is 4.98 Å². The summed E-state index contributed by atoms with van der Waals surface area (Å²) in [6.45, 7) is 0. The van der Waals surface area contributed by atoms with Crippen LogP contribution in [0.1, 0.15) is 24.8 Å². The molecular weight excluding hydrogens is 287 g/mol. The molecule has 1 heterocycles. The molecule has 1 aliphatic rings. The first-order valence-electron chi connectivity index (χ1n) is 4.86. The molecule has 0 unspecified atom stereocenters. The maximum Gasteiger partial charge on any atom is 0.417 e. The number of hydrogen-bond donors (Lipinski definition) is 0. The lowest BCUT2D eigenvalue weighted by molar-refractivity contribution is -0.138. The zero-order valence-electron chi connectivity index (χ0n) is 8.22. The Hall–Kier alpha value is -0.780. The fourth-order valence-electron chi connectivity index (χ4n) is 1.36. The minimum Gasteiger partial charge on any atom is -0.474 e. The Kier molecular flexibility index (Phi) is 3.10. The van der Waals surface area contributed by atoms with Gasteiger partial charge in [0, 0.05) is 16.7 Å². The van der Waals surface area contributed by atoms with Crippen LogP contribution in [0.5, 0.6) is 5.88 Å². The Bertz CT molecular complexity index is 390. The van der Waals surface area contributed by atoms with Crippen molar-refractivity contribution in [3.63, 3.8) is 0 Å². The van der Waals surface area contributed by atoms with E-state index in [2.05, 4.69) is 20.9 Å². The molecule has 2 nitrogen and oxygen atoms in total. The molecule has 0 N–H and O–H groups in total. The molecule has 0 radical (unpaired) electrons. The van der Waals surface area contributed by atoms with E-state index in [1.54, 1.807) is 0 Å². The van der Waals surface area contributed by atoms with E-state index in [4.69, 9.17) is 4.74 Å². The van der Waals surface area contributed by atoms with Crippen LogP contribution < -0.4 is 4.74 Å². The molecule has 0 atom stereocenters. The Morgan fingerprint density at radius 1 is 1.38 bits per heavy atom. The Morgan fingerprint density at radius 3 is 2.56 bits per heavy atom. The summed E-state index contributed by atoms with van der Waals surface area (Å²) in [5.41, 5.74) is -0.753. The highest BCUT2D eigenvalue weighted by Crippen LogP contribution is 2.36. The van der Waals surface area contributed by atoms with Crippen molar-refractivity contribution in [1.82, 2.24) is 4.98 Å². The first-order valence-corrected chi connectivity index (χ1v) is 5.65. The molecule has 0 aliphatic heterocycles. The van der Waals surface area contributed by atoms with E-state index in [0.717, 1.165) is 31.5 Å². The van der Waals surface area contributed by atoms with Crippen molar-refractivity contribution in [2.45, 2.75) is 31.5 Å². The predicted octanol–water partition coefficient (Wildman–Crippen LogP) is 3.79. The van der Waals surface area contributed by atoms with E-state index in [0.29, 0.717) is 0 Å². The van der Waals surface area contributed by atoms with Gasteiger partial charge in [0.2, 0.25) is 5.88 Å². The summed E-state index contributed by atoms with van der Waals surface area (Å²) in [5, 5.41) is 0. The molecule has 0 amide bonds. The smallest absolute Gasteiger partial charge is 0.417 e. The second-order valence-corrected chi connectivity index (χ2v) is 4.53. The van der Waals surface area contributed by atoms with Gasteiger partial charge in [0.15, 0.2) is 0 Å². The second kappa shape index (κ2) is 4.24. The Morgan fingerprint density at radius 2 is 2.06 bits per heavy atom. The SMILES string of the molecule is FC(F)(F)c1cc(OC2CCC2)ncc1Br. The summed E-state index contributed by atoms with van der Waals surface area (Å²) in [7, 11) is 0. The molecule has 0 bridgehead atoms. The van der Waals surface area contributed by atoms with Crippen LogP contribution in [0.25, 0.3) is 0 Å². The third-order valence-electron chi connectivity index (χ3n) is 2.48. The first-order chi connectivity index (χ1) is 7.47. The van der Waals surface area contributed by atoms with Gasteiger partial charge in [0.25, 0.3) is 0 Å². The number of ether oxygens (including phenoxy) is 1. The van der Waals surface area contributed by atoms with Crippen molar-refractivity contribution < 1.29 is 17.9 Å². The second-order valence-electron chi connectivity index (χ2n) is 3.67. The van der Waals surface area contributed by atoms with Crippen LogP contribution in [0.4, 0.5) is 13.2 Å². The molecule has 6 heteroatoms. The van der Waals surface area contributed by atoms with Gasteiger partial charge >= 0.3 is 6.18 Å². The zero-order valence-corrected chi connectivity index (χ0v) is 9.81. The molecule has 1 aliphatic carbocycles. The standard InChI is InChI=1S/C10H9BrF3NO/c11-8-5-15-9(16-6-2-1-3-6)4-7(8)10(12,13)14/h4-6H,1-3H2. The van der Waals surface area contributed by atoms with Crippen molar-refractivity contribution >= 4 is 15.9 Å². The van der Waals surface area contributed by atoms with Crippen molar-refractivity contribution in [3.05, 3.63) is 22.3 Å². The molecule has 0 spiro atoms. The van der Waals surface area contributed by atoms with Gasteiger partial charge in [-0.1, -0.05) is 0 Å². The zero-order chi connectivity index (χ0) is 11.8. The molecule has 16 heavy (non-hydrogen) atoms. The highest BCUT2D eigenvalue weighted by atomic mass is 79.9. The third kappa shape index (κ3) is 2.48. The van der Waals surface area contributed by atoms with Crippen LogP contribution in [0, 0.1) is 0 Å². The normalized spacial score (nSPS) is 17.0. The average molecular weight is 296 g/mol. The average Bonchev–Trinajstić information content (AvgIpc) is 2.12. The van der Waals surface area contributed by atoms with Crippen molar-refractivity contribution in [3.8, 4) is 5.88 Å². The molecule has 1 saturated carbocycles. The van der Waals surface area contributed by atoms with Gasteiger partial charge in [0.05, 0.1) is 5.56 Å². The molecule has 2 rings (SSSR count). The lowest BCUT2D eigenvalue weighted by atomic mass is 9.96.